The number of aromatic nitrogens is 2. The van der Waals surface area contributed by atoms with Gasteiger partial charge >= 0.3 is 0 Å². The normalized spacial score (nSPS) is 15.7. The quantitative estimate of drug-likeness (QED) is 0.870. The second-order valence-electron chi connectivity index (χ2n) is 5.48. The summed E-state index contributed by atoms with van der Waals surface area (Å²) in [5, 5.41) is 7.08. The molecule has 1 fully saturated rings. The van der Waals surface area contributed by atoms with Gasteiger partial charge in [0.15, 0.2) is 0 Å². The maximum atomic E-state index is 11.8. The Morgan fingerprint density at radius 3 is 2.67 bits per heavy atom. The molecular weight excluding hydrogens is 332 g/mol. The number of benzene rings is 1. The van der Waals surface area contributed by atoms with Gasteiger partial charge in [-0.3, -0.25) is 9.48 Å². The van der Waals surface area contributed by atoms with Crippen molar-refractivity contribution in [2.24, 2.45) is 5.73 Å². The first-order chi connectivity index (χ1) is 10.0. The van der Waals surface area contributed by atoms with E-state index in [-0.39, 0.29) is 5.91 Å². The smallest absolute Gasteiger partial charge is 0.244 e. The van der Waals surface area contributed by atoms with Gasteiger partial charge in [0.1, 0.15) is 0 Å². The second kappa shape index (κ2) is 5.61. The second-order valence-corrected chi connectivity index (χ2v) is 6.39. The SMILES string of the molecule is NC1(C(=O)Nc2ccc(CCn3cc(Br)cn3)cc2)CC1. The highest BCUT2D eigenvalue weighted by Crippen LogP contribution is 2.33. The first-order valence-electron chi connectivity index (χ1n) is 6.92. The number of nitrogens with zero attached hydrogens (tertiary/aromatic N) is 2. The molecule has 1 heterocycles. The number of carbonyl (C=O) groups is 1. The van der Waals surface area contributed by atoms with Crippen molar-refractivity contribution in [3.63, 3.8) is 0 Å². The number of hydrogen-bond donors (Lipinski definition) is 2. The molecule has 1 aliphatic carbocycles. The van der Waals surface area contributed by atoms with Gasteiger partial charge in [-0.1, -0.05) is 12.1 Å². The molecule has 21 heavy (non-hydrogen) atoms. The van der Waals surface area contributed by atoms with Crippen LogP contribution in [-0.4, -0.2) is 21.2 Å². The Labute approximate surface area is 131 Å². The summed E-state index contributed by atoms with van der Waals surface area (Å²) in [5.41, 5.74) is 7.22. The van der Waals surface area contributed by atoms with Crippen LogP contribution in [0.5, 0.6) is 0 Å². The molecule has 1 aromatic heterocycles. The van der Waals surface area contributed by atoms with E-state index in [0.29, 0.717) is 0 Å². The third-order valence-electron chi connectivity index (χ3n) is 3.68. The van der Waals surface area contributed by atoms with Crippen molar-refractivity contribution < 1.29 is 4.79 Å². The lowest BCUT2D eigenvalue weighted by atomic mass is 10.1. The van der Waals surface area contributed by atoms with Crippen molar-refractivity contribution in [2.45, 2.75) is 31.3 Å². The van der Waals surface area contributed by atoms with Crippen molar-refractivity contribution >= 4 is 27.5 Å². The zero-order valence-electron chi connectivity index (χ0n) is 11.6. The molecule has 0 atom stereocenters. The van der Waals surface area contributed by atoms with Crippen LogP contribution in [0.2, 0.25) is 0 Å². The number of hydrogen-bond acceptors (Lipinski definition) is 3. The van der Waals surface area contributed by atoms with E-state index < -0.39 is 5.54 Å². The van der Waals surface area contributed by atoms with Gasteiger partial charge in [0.25, 0.3) is 0 Å². The molecular formula is C15H17BrN4O. The molecule has 1 saturated carbocycles. The van der Waals surface area contributed by atoms with Crippen molar-refractivity contribution in [3.8, 4) is 0 Å². The minimum absolute atomic E-state index is 0.0864. The predicted molar refractivity (Wildman–Crippen MR) is 84.9 cm³/mol. The van der Waals surface area contributed by atoms with Crippen molar-refractivity contribution in [2.75, 3.05) is 5.32 Å². The number of aryl methyl sites for hydroxylation is 2. The molecule has 0 radical (unpaired) electrons. The van der Waals surface area contributed by atoms with Crippen LogP contribution in [0.1, 0.15) is 18.4 Å². The van der Waals surface area contributed by atoms with Gasteiger partial charge < -0.3 is 11.1 Å². The van der Waals surface area contributed by atoms with Gasteiger partial charge in [0, 0.05) is 18.4 Å². The molecule has 1 amide bonds. The van der Waals surface area contributed by atoms with Gasteiger partial charge in [-0.05, 0) is 52.9 Å². The largest absolute Gasteiger partial charge is 0.324 e. The summed E-state index contributed by atoms with van der Waals surface area (Å²) in [6.07, 6.45) is 6.17. The molecule has 5 nitrogen and oxygen atoms in total. The number of carbonyl (C=O) groups excluding carboxylic acids is 1. The van der Waals surface area contributed by atoms with Crippen LogP contribution >= 0.6 is 15.9 Å². The fraction of sp³-hybridized carbons (Fsp3) is 0.333. The van der Waals surface area contributed by atoms with Crippen molar-refractivity contribution in [1.82, 2.24) is 9.78 Å². The monoisotopic (exact) mass is 348 g/mol. The van der Waals surface area contributed by atoms with E-state index in [1.807, 2.05) is 35.1 Å². The summed E-state index contributed by atoms with van der Waals surface area (Å²) < 4.78 is 2.88. The Hall–Kier alpha value is -1.66. The Morgan fingerprint density at radius 1 is 1.38 bits per heavy atom. The van der Waals surface area contributed by atoms with Crippen LogP contribution in [0, 0.1) is 0 Å². The Kier molecular flexibility index (Phi) is 3.82. The van der Waals surface area contributed by atoms with E-state index in [9.17, 15) is 4.79 Å². The summed E-state index contributed by atoms with van der Waals surface area (Å²) in [4.78, 5) is 11.8. The molecule has 0 spiro atoms. The maximum absolute atomic E-state index is 11.8. The van der Waals surface area contributed by atoms with Crippen LogP contribution < -0.4 is 11.1 Å². The number of anilines is 1. The molecule has 1 aliphatic rings. The third-order valence-corrected chi connectivity index (χ3v) is 4.09. The minimum Gasteiger partial charge on any atom is -0.324 e. The average Bonchev–Trinajstić information content (AvgIpc) is 3.09. The fourth-order valence-electron chi connectivity index (χ4n) is 2.08. The van der Waals surface area contributed by atoms with Crippen LogP contribution in [0.3, 0.4) is 0 Å². The lowest BCUT2D eigenvalue weighted by molar-refractivity contribution is -0.118. The maximum Gasteiger partial charge on any atom is 0.244 e. The summed E-state index contributed by atoms with van der Waals surface area (Å²) >= 11 is 3.38. The molecule has 0 aliphatic heterocycles. The molecule has 0 unspecified atom stereocenters. The summed E-state index contributed by atoms with van der Waals surface area (Å²) in [5.74, 6) is -0.0864. The fourth-order valence-corrected chi connectivity index (χ4v) is 2.40. The Balaban J connectivity index is 1.55. The number of nitrogens with two attached hydrogens (primary N) is 1. The van der Waals surface area contributed by atoms with Crippen molar-refractivity contribution in [3.05, 3.63) is 46.7 Å². The highest BCUT2D eigenvalue weighted by atomic mass is 79.9. The van der Waals surface area contributed by atoms with E-state index in [1.54, 1.807) is 6.20 Å². The van der Waals surface area contributed by atoms with E-state index in [2.05, 4.69) is 26.3 Å². The van der Waals surface area contributed by atoms with Gasteiger partial charge in [0.05, 0.1) is 16.2 Å². The lowest BCUT2D eigenvalue weighted by Crippen LogP contribution is -2.37. The van der Waals surface area contributed by atoms with Gasteiger partial charge in [-0.15, -0.1) is 0 Å². The average molecular weight is 349 g/mol. The van der Waals surface area contributed by atoms with Gasteiger partial charge in [0.2, 0.25) is 5.91 Å². The predicted octanol–water partition coefficient (Wildman–Crippen LogP) is 2.32. The first-order valence-corrected chi connectivity index (χ1v) is 7.72. The van der Waals surface area contributed by atoms with E-state index in [0.717, 1.165) is 36.0 Å². The molecule has 6 heteroatoms. The Morgan fingerprint density at radius 2 is 2.10 bits per heavy atom. The molecule has 0 saturated heterocycles. The number of halogens is 1. The molecule has 1 aromatic carbocycles. The first kappa shape index (κ1) is 14.3. The standard InChI is InChI=1S/C15H17BrN4O/c16-12-9-18-20(10-12)8-5-11-1-3-13(4-2-11)19-14(21)15(17)6-7-15/h1-4,9-10H,5-8,17H2,(H,19,21). The zero-order chi connectivity index (χ0) is 14.9. The van der Waals surface area contributed by atoms with Gasteiger partial charge in [-0.2, -0.15) is 5.10 Å². The highest BCUT2D eigenvalue weighted by Gasteiger charge is 2.45. The molecule has 3 N–H and O–H groups in total. The molecule has 110 valence electrons. The molecule has 0 bridgehead atoms. The summed E-state index contributed by atoms with van der Waals surface area (Å²) in [7, 11) is 0. The lowest BCUT2D eigenvalue weighted by Gasteiger charge is -2.10. The minimum atomic E-state index is -0.633. The number of amides is 1. The van der Waals surface area contributed by atoms with Crippen LogP contribution in [0.15, 0.2) is 41.1 Å². The van der Waals surface area contributed by atoms with E-state index in [1.165, 1.54) is 5.56 Å². The van der Waals surface area contributed by atoms with Crippen LogP contribution in [0.25, 0.3) is 0 Å². The van der Waals surface area contributed by atoms with Gasteiger partial charge in [-0.25, -0.2) is 0 Å². The number of nitrogens with one attached hydrogen (secondary N) is 1. The van der Waals surface area contributed by atoms with E-state index >= 15 is 0 Å². The third kappa shape index (κ3) is 3.51. The van der Waals surface area contributed by atoms with E-state index in [4.69, 9.17) is 5.73 Å². The Bertz CT molecular complexity index is 646. The topological polar surface area (TPSA) is 72.9 Å². The molecule has 2 aromatic rings. The van der Waals surface area contributed by atoms with Crippen molar-refractivity contribution in [1.29, 1.82) is 0 Å². The van der Waals surface area contributed by atoms with Crippen LogP contribution in [0.4, 0.5) is 5.69 Å². The zero-order valence-corrected chi connectivity index (χ0v) is 13.1. The summed E-state index contributed by atoms with van der Waals surface area (Å²) in [6, 6.07) is 7.87. The van der Waals surface area contributed by atoms with Crippen LogP contribution in [-0.2, 0) is 17.8 Å². The summed E-state index contributed by atoms with van der Waals surface area (Å²) in [6.45, 7) is 0.823. The number of rotatable bonds is 5. The highest BCUT2D eigenvalue weighted by molar-refractivity contribution is 9.10. The molecule has 3 rings (SSSR count).